The van der Waals surface area contributed by atoms with Gasteiger partial charge in [-0.2, -0.15) is 0 Å². The smallest absolute Gasteiger partial charge is 0.0673 e. The van der Waals surface area contributed by atoms with Crippen molar-refractivity contribution in [2.24, 2.45) is 23.7 Å². The van der Waals surface area contributed by atoms with Gasteiger partial charge in [0.05, 0.1) is 5.60 Å². The Kier molecular flexibility index (Phi) is 5.50. The molecule has 0 aromatic carbocycles. The predicted octanol–water partition coefficient (Wildman–Crippen LogP) is 4.64. The predicted molar refractivity (Wildman–Crippen MR) is 75.0 cm³/mol. The Labute approximate surface area is 108 Å². The van der Waals surface area contributed by atoms with E-state index in [1.807, 2.05) is 0 Å². The lowest BCUT2D eigenvalue weighted by molar-refractivity contribution is -0.0334. The molecule has 1 aliphatic rings. The van der Waals surface area contributed by atoms with Crippen LogP contribution < -0.4 is 0 Å². The Hall–Kier alpha value is -0.0400. The zero-order valence-electron chi connectivity index (χ0n) is 12.5. The van der Waals surface area contributed by atoms with Crippen LogP contribution in [0.2, 0.25) is 0 Å². The average Bonchev–Trinajstić information content (AvgIpc) is 2.40. The van der Waals surface area contributed by atoms with Gasteiger partial charge in [0.25, 0.3) is 0 Å². The van der Waals surface area contributed by atoms with Crippen LogP contribution in [0, 0.1) is 23.7 Å². The van der Waals surface area contributed by atoms with Crippen LogP contribution >= 0.6 is 0 Å². The summed E-state index contributed by atoms with van der Waals surface area (Å²) in [7, 11) is 0. The van der Waals surface area contributed by atoms with Gasteiger partial charge < -0.3 is 5.11 Å². The summed E-state index contributed by atoms with van der Waals surface area (Å²) in [5, 5.41) is 10.9. The van der Waals surface area contributed by atoms with E-state index in [4.69, 9.17) is 0 Å². The molecule has 1 fully saturated rings. The number of rotatable bonds is 4. The summed E-state index contributed by atoms with van der Waals surface area (Å²) >= 11 is 0. The molecule has 0 aromatic rings. The van der Waals surface area contributed by atoms with E-state index in [1.165, 1.54) is 19.3 Å². The third-order valence-electron chi connectivity index (χ3n) is 4.82. The van der Waals surface area contributed by atoms with E-state index in [1.54, 1.807) is 0 Å². The van der Waals surface area contributed by atoms with Crippen LogP contribution in [0.1, 0.15) is 73.1 Å². The molecule has 1 aliphatic carbocycles. The van der Waals surface area contributed by atoms with E-state index >= 15 is 0 Å². The summed E-state index contributed by atoms with van der Waals surface area (Å²) in [4.78, 5) is 0. The van der Waals surface area contributed by atoms with Gasteiger partial charge in [0.1, 0.15) is 0 Å². The van der Waals surface area contributed by atoms with Gasteiger partial charge in [-0.25, -0.2) is 0 Å². The van der Waals surface area contributed by atoms with Crippen LogP contribution in [-0.4, -0.2) is 10.7 Å². The zero-order chi connectivity index (χ0) is 13.1. The molecule has 0 bridgehead atoms. The first-order valence-corrected chi connectivity index (χ1v) is 7.57. The first kappa shape index (κ1) is 15.0. The van der Waals surface area contributed by atoms with Gasteiger partial charge in [0, 0.05) is 0 Å². The minimum absolute atomic E-state index is 0.381. The lowest BCUT2D eigenvalue weighted by Crippen LogP contribution is -2.36. The molecule has 3 atom stereocenters. The minimum atomic E-state index is -0.381. The van der Waals surface area contributed by atoms with Gasteiger partial charge in [-0.15, -0.1) is 0 Å². The van der Waals surface area contributed by atoms with Gasteiger partial charge in [-0.1, -0.05) is 47.5 Å². The first-order valence-electron chi connectivity index (χ1n) is 7.57. The summed E-state index contributed by atoms with van der Waals surface area (Å²) in [6.45, 7) is 11.4. The number of aliphatic hydroxyl groups is 1. The van der Waals surface area contributed by atoms with Crippen molar-refractivity contribution in [2.45, 2.75) is 78.7 Å². The van der Waals surface area contributed by atoms with Gasteiger partial charge >= 0.3 is 0 Å². The van der Waals surface area contributed by atoms with Crippen LogP contribution in [0.15, 0.2) is 0 Å². The van der Waals surface area contributed by atoms with Crippen LogP contribution in [0.25, 0.3) is 0 Å². The molecular weight excluding hydrogens is 208 g/mol. The monoisotopic (exact) mass is 240 g/mol. The summed E-state index contributed by atoms with van der Waals surface area (Å²) in [6, 6.07) is 0. The van der Waals surface area contributed by atoms with Crippen LogP contribution in [0.3, 0.4) is 0 Å². The van der Waals surface area contributed by atoms with Gasteiger partial charge in [-0.05, 0) is 49.4 Å². The molecule has 3 unspecified atom stereocenters. The highest BCUT2D eigenvalue weighted by atomic mass is 16.3. The molecule has 0 amide bonds. The summed E-state index contributed by atoms with van der Waals surface area (Å²) in [5.74, 6) is 2.75. The fourth-order valence-electron chi connectivity index (χ4n) is 3.46. The summed E-state index contributed by atoms with van der Waals surface area (Å²) in [6.07, 6.45) is 6.93. The topological polar surface area (TPSA) is 20.2 Å². The number of hydrogen-bond donors (Lipinski definition) is 1. The summed E-state index contributed by atoms with van der Waals surface area (Å²) in [5.41, 5.74) is -0.381. The van der Waals surface area contributed by atoms with Gasteiger partial charge in [-0.3, -0.25) is 0 Å². The van der Waals surface area contributed by atoms with Gasteiger partial charge in [0.2, 0.25) is 0 Å². The molecule has 0 saturated heterocycles. The highest BCUT2D eigenvalue weighted by Crippen LogP contribution is 2.39. The Morgan fingerprint density at radius 1 is 1.06 bits per heavy atom. The van der Waals surface area contributed by atoms with E-state index in [9.17, 15) is 5.11 Å². The van der Waals surface area contributed by atoms with Crippen molar-refractivity contribution < 1.29 is 5.11 Å². The van der Waals surface area contributed by atoms with E-state index in [0.29, 0.717) is 11.8 Å². The highest BCUT2D eigenvalue weighted by Gasteiger charge is 2.36. The van der Waals surface area contributed by atoms with Crippen molar-refractivity contribution in [3.8, 4) is 0 Å². The second-order valence-electron chi connectivity index (χ2n) is 7.07. The molecule has 1 heteroatoms. The molecule has 0 radical (unpaired) electrons. The molecule has 0 aromatic heterocycles. The highest BCUT2D eigenvalue weighted by molar-refractivity contribution is 4.88. The van der Waals surface area contributed by atoms with Gasteiger partial charge in [0.15, 0.2) is 0 Å². The standard InChI is InChI=1S/C16H32O/c1-12(2)11-14(5)16(17)9-6-7-15(8-10-16)13(3)4/h12-15,17H,6-11H2,1-5H3. The van der Waals surface area contributed by atoms with E-state index in [-0.39, 0.29) is 5.60 Å². The molecule has 1 nitrogen and oxygen atoms in total. The quantitative estimate of drug-likeness (QED) is 0.710. The maximum atomic E-state index is 10.9. The Morgan fingerprint density at radius 3 is 2.24 bits per heavy atom. The van der Waals surface area contributed by atoms with E-state index in [2.05, 4.69) is 34.6 Å². The zero-order valence-corrected chi connectivity index (χ0v) is 12.5. The largest absolute Gasteiger partial charge is 0.390 e. The third kappa shape index (κ3) is 4.28. The molecule has 1 saturated carbocycles. The Bertz CT molecular complexity index is 222. The second kappa shape index (κ2) is 6.22. The van der Waals surface area contributed by atoms with E-state index < -0.39 is 0 Å². The molecule has 0 spiro atoms. The Morgan fingerprint density at radius 2 is 1.71 bits per heavy atom. The molecule has 1 N–H and O–H groups in total. The molecule has 102 valence electrons. The van der Waals surface area contributed by atoms with Crippen LogP contribution in [-0.2, 0) is 0 Å². The fourth-order valence-corrected chi connectivity index (χ4v) is 3.46. The third-order valence-corrected chi connectivity index (χ3v) is 4.82. The maximum absolute atomic E-state index is 10.9. The van der Waals surface area contributed by atoms with Crippen molar-refractivity contribution in [1.82, 2.24) is 0 Å². The van der Waals surface area contributed by atoms with E-state index in [0.717, 1.165) is 31.1 Å². The molecule has 17 heavy (non-hydrogen) atoms. The van der Waals surface area contributed by atoms with Crippen molar-refractivity contribution in [1.29, 1.82) is 0 Å². The van der Waals surface area contributed by atoms with Crippen molar-refractivity contribution in [3.05, 3.63) is 0 Å². The fraction of sp³-hybridized carbons (Fsp3) is 1.00. The summed E-state index contributed by atoms with van der Waals surface area (Å²) < 4.78 is 0. The van der Waals surface area contributed by atoms with Crippen molar-refractivity contribution >= 4 is 0 Å². The average molecular weight is 240 g/mol. The normalized spacial score (nSPS) is 32.8. The molecule has 0 aliphatic heterocycles. The SMILES string of the molecule is CC(C)CC(C)C1(O)CCCC(C(C)C)CC1. The molecule has 0 heterocycles. The Balaban J connectivity index is 2.58. The van der Waals surface area contributed by atoms with Crippen molar-refractivity contribution in [2.75, 3.05) is 0 Å². The maximum Gasteiger partial charge on any atom is 0.0673 e. The number of hydrogen-bond acceptors (Lipinski definition) is 1. The van der Waals surface area contributed by atoms with Crippen molar-refractivity contribution in [3.63, 3.8) is 0 Å². The first-order chi connectivity index (χ1) is 7.85. The molecular formula is C16H32O. The minimum Gasteiger partial charge on any atom is -0.390 e. The lowest BCUT2D eigenvalue weighted by Gasteiger charge is -2.34. The second-order valence-corrected chi connectivity index (χ2v) is 7.07. The van der Waals surface area contributed by atoms with Crippen LogP contribution in [0.5, 0.6) is 0 Å². The van der Waals surface area contributed by atoms with Crippen LogP contribution in [0.4, 0.5) is 0 Å². The molecule has 1 rings (SSSR count). The lowest BCUT2D eigenvalue weighted by atomic mass is 9.77.